The van der Waals surface area contributed by atoms with E-state index in [9.17, 15) is 14.4 Å². The summed E-state index contributed by atoms with van der Waals surface area (Å²) in [4.78, 5) is 35.9. The normalized spacial score (nSPS) is 14.2. The number of hydrogen-bond acceptors (Lipinski definition) is 4. The van der Waals surface area contributed by atoms with Crippen LogP contribution in [0.3, 0.4) is 0 Å². The zero-order chi connectivity index (χ0) is 22.2. The molecule has 0 bridgehead atoms. The molecule has 1 saturated carbocycles. The van der Waals surface area contributed by atoms with E-state index in [1.165, 1.54) is 38.7 Å². The zero-order valence-corrected chi connectivity index (χ0v) is 17.9. The van der Waals surface area contributed by atoms with Gasteiger partial charge in [-0.25, -0.2) is 0 Å². The SMILES string of the molecule is CC(=O)Oc1cccc(C(=O)Nc2cccc(CNC(=O)/C=C(\C)C3CCCC3)c2)c1. The third-order valence-electron chi connectivity index (χ3n) is 5.37. The van der Waals surface area contributed by atoms with Gasteiger partial charge in [0, 0.05) is 30.8 Å². The largest absolute Gasteiger partial charge is 0.427 e. The van der Waals surface area contributed by atoms with E-state index in [1.54, 1.807) is 30.3 Å². The van der Waals surface area contributed by atoms with Crippen molar-refractivity contribution in [3.05, 3.63) is 71.3 Å². The second kappa shape index (κ2) is 10.6. The number of anilines is 1. The number of amides is 2. The summed E-state index contributed by atoms with van der Waals surface area (Å²) in [5.74, 6) is -0.00627. The van der Waals surface area contributed by atoms with Gasteiger partial charge in [0.15, 0.2) is 0 Å². The minimum absolute atomic E-state index is 0.0962. The molecule has 2 aromatic rings. The Morgan fingerprint density at radius 2 is 1.77 bits per heavy atom. The van der Waals surface area contributed by atoms with E-state index in [0.717, 1.165) is 11.1 Å². The van der Waals surface area contributed by atoms with Gasteiger partial charge in [-0.15, -0.1) is 0 Å². The van der Waals surface area contributed by atoms with Crippen molar-refractivity contribution in [1.82, 2.24) is 5.32 Å². The molecule has 0 heterocycles. The molecule has 0 saturated heterocycles. The molecule has 31 heavy (non-hydrogen) atoms. The van der Waals surface area contributed by atoms with E-state index in [4.69, 9.17) is 4.74 Å². The van der Waals surface area contributed by atoms with Crippen LogP contribution in [0.4, 0.5) is 5.69 Å². The van der Waals surface area contributed by atoms with Crippen LogP contribution >= 0.6 is 0 Å². The van der Waals surface area contributed by atoms with Gasteiger partial charge in [0.25, 0.3) is 5.91 Å². The lowest BCUT2D eigenvalue weighted by atomic mass is 9.99. The molecule has 2 N–H and O–H groups in total. The number of hydrogen-bond donors (Lipinski definition) is 2. The number of carbonyl (C=O) groups is 3. The predicted octanol–water partition coefficient (Wildman–Crippen LogP) is 4.62. The summed E-state index contributed by atoms with van der Waals surface area (Å²) in [5, 5.41) is 5.75. The van der Waals surface area contributed by atoms with Crippen molar-refractivity contribution in [3.8, 4) is 5.75 Å². The van der Waals surface area contributed by atoms with Crippen LogP contribution in [0, 0.1) is 5.92 Å². The van der Waals surface area contributed by atoms with Crippen molar-refractivity contribution in [3.63, 3.8) is 0 Å². The predicted molar refractivity (Wildman–Crippen MR) is 120 cm³/mol. The molecule has 6 heteroatoms. The van der Waals surface area contributed by atoms with Crippen LogP contribution < -0.4 is 15.4 Å². The third kappa shape index (κ3) is 6.81. The third-order valence-corrected chi connectivity index (χ3v) is 5.37. The molecule has 1 aliphatic carbocycles. The van der Waals surface area contributed by atoms with Crippen LogP contribution in [0.25, 0.3) is 0 Å². The van der Waals surface area contributed by atoms with Gasteiger partial charge in [0.2, 0.25) is 5.91 Å². The lowest BCUT2D eigenvalue weighted by Crippen LogP contribution is -2.21. The summed E-state index contributed by atoms with van der Waals surface area (Å²) in [6.07, 6.45) is 6.52. The van der Waals surface area contributed by atoms with Gasteiger partial charge in [-0.2, -0.15) is 0 Å². The molecule has 3 rings (SSSR count). The van der Waals surface area contributed by atoms with E-state index in [-0.39, 0.29) is 11.8 Å². The number of carbonyl (C=O) groups excluding carboxylic acids is 3. The van der Waals surface area contributed by atoms with Crippen LogP contribution in [-0.2, 0) is 16.1 Å². The topological polar surface area (TPSA) is 84.5 Å². The van der Waals surface area contributed by atoms with E-state index >= 15 is 0 Å². The highest BCUT2D eigenvalue weighted by atomic mass is 16.5. The van der Waals surface area contributed by atoms with Crippen LogP contribution in [0.2, 0.25) is 0 Å². The highest BCUT2D eigenvalue weighted by Gasteiger charge is 2.17. The highest BCUT2D eigenvalue weighted by molar-refractivity contribution is 6.04. The Kier molecular flexibility index (Phi) is 7.60. The molecule has 2 aromatic carbocycles. The number of rotatable bonds is 7. The molecule has 2 amide bonds. The zero-order valence-electron chi connectivity index (χ0n) is 17.9. The fraction of sp³-hybridized carbons (Fsp3) is 0.320. The van der Waals surface area contributed by atoms with Crippen molar-refractivity contribution in [2.75, 3.05) is 5.32 Å². The molecule has 0 aliphatic heterocycles. The molecule has 0 atom stereocenters. The molecule has 0 spiro atoms. The highest BCUT2D eigenvalue weighted by Crippen LogP contribution is 2.30. The van der Waals surface area contributed by atoms with Gasteiger partial charge in [-0.3, -0.25) is 14.4 Å². The van der Waals surface area contributed by atoms with E-state index in [0.29, 0.717) is 29.5 Å². The summed E-state index contributed by atoms with van der Waals surface area (Å²) in [7, 11) is 0. The summed E-state index contributed by atoms with van der Waals surface area (Å²) >= 11 is 0. The Balaban J connectivity index is 1.57. The first kappa shape index (κ1) is 22.3. The average molecular weight is 421 g/mol. The molecule has 162 valence electrons. The summed E-state index contributed by atoms with van der Waals surface area (Å²) in [6, 6.07) is 13.7. The molecule has 6 nitrogen and oxygen atoms in total. The summed E-state index contributed by atoms with van der Waals surface area (Å²) in [5.41, 5.74) is 3.02. The maximum absolute atomic E-state index is 12.5. The number of nitrogens with one attached hydrogen (secondary N) is 2. The van der Waals surface area contributed by atoms with Gasteiger partial charge in [-0.05, 0) is 61.6 Å². The number of ether oxygens (including phenoxy) is 1. The van der Waals surface area contributed by atoms with Crippen molar-refractivity contribution in [2.45, 2.75) is 46.1 Å². The Bertz CT molecular complexity index is 991. The van der Waals surface area contributed by atoms with Crippen molar-refractivity contribution >= 4 is 23.5 Å². The lowest BCUT2D eigenvalue weighted by Gasteiger charge is -2.11. The maximum atomic E-state index is 12.5. The fourth-order valence-corrected chi connectivity index (χ4v) is 3.78. The lowest BCUT2D eigenvalue weighted by molar-refractivity contribution is -0.131. The van der Waals surface area contributed by atoms with E-state index in [2.05, 4.69) is 10.6 Å². The first-order chi connectivity index (χ1) is 14.9. The monoisotopic (exact) mass is 420 g/mol. The van der Waals surface area contributed by atoms with Crippen LogP contribution in [0.5, 0.6) is 5.75 Å². The average Bonchev–Trinajstić information content (AvgIpc) is 3.27. The van der Waals surface area contributed by atoms with Crippen LogP contribution in [-0.4, -0.2) is 17.8 Å². The Morgan fingerprint density at radius 3 is 2.52 bits per heavy atom. The smallest absolute Gasteiger partial charge is 0.308 e. The molecule has 1 fully saturated rings. The second-order valence-corrected chi connectivity index (χ2v) is 7.86. The number of esters is 1. The molecular formula is C25H28N2O4. The number of allylic oxidation sites excluding steroid dienone is 1. The van der Waals surface area contributed by atoms with Crippen LogP contribution in [0.15, 0.2) is 60.2 Å². The Hall–Kier alpha value is -3.41. The van der Waals surface area contributed by atoms with Crippen molar-refractivity contribution < 1.29 is 19.1 Å². The minimum Gasteiger partial charge on any atom is -0.427 e. The van der Waals surface area contributed by atoms with Gasteiger partial charge >= 0.3 is 5.97 Å². The second-order valence-electron chi connectivity index (χ2n) is 7.86. The molecule has 0 aromatic heterocycles. The molecule has 0 radical (unpaired) electrons. The first-order valence-corrected chi connectivity index (χ1v) is 10.6. The summed E-state index contributed by atoms with van der Waals surface area (Å²) < 4.78 is 5.02. The Morgan fingerprint density at radius 1 is 1.03 bits per heavy atom. The Labute approximate surface area is 182 Å². The van der Waals surface area contributed by atoms with Gasteiger partial charge in [0.1, 0.15) is 5.75 Å². The maximum Gasteiger partial charge on any atom is 0.308 e. The number of benzene rings is 2. The van der Waals surface area contributed by atoms with Crippen molar-refractivity contribution in [2.24, 2.45) is 5.92 Å². The van der Waals surface area contributed by atoms with Crippen LogP contribution in [0.1, 0.15) is 55.5 Å². The molecule has 0 unspecified atom stereocenters. The van der Waals surface area contributed by atoms with Crippen molar-refractivity contribution in [1.29, 1.82) is 0 Å². The molecular weight excluding hydrogens is 392 g/mol. The van der Waals surface area contributed by atoms with E-state index in [1.807, 2.05) is 25.1 Å². The summed E-state index contributed by atoms with van der Waals surface area (Å²) in [6.45, 7) is 3.71. The standard InChI is InChI=1S/C25H28N2O4/c1-17(20-8-3-4-9-20)13-24(29)26-16-19-7-5-11-22(14-19)27-25(30)21-10-6-12-23(15-21)31-18(2)28/h5-7,10-15,20H,3-4,8-9,16H2,1-2H3,(H,26,29)(H,27,30)/b17-13+. The minimum atomic E-state index is -0.444. The van der Waals surface area contributed by atoms with Gasteiger partial charge < -0.3 is 15.4 Å². The van der Waals surface area contributed by atoms with Gasteiger partial charge in [0.05, 0.1) is 0 Å². The quantitative estimate of drug-likeness (QED) is 0.389. The van der Waals surface area contributed by atoms with E-state index < -0.39 is 5.97 Å². The first-order valence-electron chi connectivity index (χ1n) is 10.6. The fourth-order valence-electron chi connectivity index (χ4n) is 3.78. The molecule has 1 aliphatic rings. The van der Waals surface area contributed by atoms with Gasteiger partial charge in [-0.1, -0.05) is 36.6 Å².